The summed E-state index contributed by atoms with van der Waals surface area (Å²) >= 11 is 0. The molecule has 0 amide bonds. The molecule has 0 unspecified atom stereocenters. The predicted octanol–water partition coefficient (Wildman–Crippen LogP) is 2.45. The quantitative estimate of drug-likeness (QED) is 0.809. The Morgan fingerprint density at radius 2 is 2.12 bits per heavy atom. The van der Waals surface area contributed by atoms with Crippen molar-refractivity contribution >= 4 is 0 Å². The first kappa shape index (κ1) is 13.9. The van der Waals surface area contributed by atoms with Gasteiger partial charge in [0.25, 0.3) is 0 Å². The van der Waals surface area contributed by atoms with Crippen molar-refractivity contribution in [1.82, 2.24) is 0 Å². The Morgan fingerprint density at radius 1 is 1.41 bits per heavy atom. The fraction of sp³-hybridized carbons (Fsp3) is 0.500. The maximum atomic E-state index is 12.0. The van der Waals surface area contributed by atoms with E-state index in [-0.39, 0.29) is 5.75 Å². The van der Waals surface area contributed by atoms with Crippen LogP contribution in [0.15, 0.2) is 24.3 Å². The average Bonchev–Trinajstić information content (AvgIpc) is 2.28. The highest BCUT2D eigenvalue weighted by atomic mass is 19.3. The molecule has 2 atom stereocenters. The molecule has 3 nitrogen and oxygen atoms in total. The number of hydrogen-bond donors (Lipinski definition) is 2. The lowest BCUT2D eigenvalue weighted by Gasteiger charge is -2.19. The Labute approximate surface area is 99.2 Å². The summed E-state index contributed by atoms with van der Waals surface area (Å²) in [6.45, 7) is -0.922. The molecule has 0 aliphatic carbocycles. The summed E-state index contributed by atoms with van der Waals surface area (Å²) < 4.78 is 28.3. The average molecular weight is 245 g/mol. The highest BCUT2D eigenvalue weighted by Crippen LogP contribution is 2.22. The van der Waals surface area contributed by atoms with Gasteiger partial charge in [-0.05, 0) is 24.1 Å². The van der Waals surface area contributed by atoms with Crippen LogP contribution < -0.4 is 10.5 Å². The van der Waals surface area contributed by atoms with E-state index in [2.05, 4.69) is 4.74 Å². The zero-order valence-corrected chi connectivity index (χ0v) is 9.64. The van der Waals surface area contributed by atoms with Crippen molar-refractivity contribution in [3.05, 3.63) is 29.8 Å². The van der Waals surface area contributed by atoms with Crippen LogP contribution in [0.2, 0.25) is 0 Å². The van der Waals surface area contributed by atoms with Gasteiger partial charge in [0.05, 0.1) is 12.1 Å². The molecule has 0 saturated carbocycles. The fourth-order valence-electron chi connectivity index (χ4n) is 1.60. The van der Waals surface area contributed by atoms with Gasteiger partial charge in [-0.3, -0.25) is 0 Å². The van der Waals surface area contributed by atoms with Gasteiger partial charge in [0, 0.05) is 0 Å². The molecule has 3 N–H and O–H groups in total. The lowest BCUT2D eigenvalue weighted by molar-refractivity contribution is -0.0499. The van der Waals surface area contributed by atoms with E-state index in [0.29, 0.717) is 12.0 Å². The summed E-state index contributed by atoms with van der Waals surface area (Å²) in [5.41, 5.74) is 6.42. The summed E-state index contributed by atoms with van der Waals surface area (Å²) in [5, 5.41) is 9.73. The van der Waals surface area contributed by atoms with Crippen molar-refractivity contribution in [1.29, 1.82) is 0 Å². The molecule has 1 aromatic rings. The lowest BCUT2D eigenvalue weighted by Crippen LogP contribution is -2.25. The molecule has 0 aromatic heterocycles. The number of benzene rings is 1. The van der Waals surface area contributed by atoms with E-state index in [4.69, 9.17) is 5.73 Å². The highest BCUT2D eigenvalue weighted by Gasteiger charge is 2.16. The molecule has 96 valence electrons. The second-order valence-electron chi connectivity index (χ2n) is 3.83. The fourth-order valence-corrected chi connectivity index (χ4v) is 1.60. The first-order valence-electron chi connectivity index (χ1n) is 5.53. The molecular weight excluding hydrogens is 228 g/mol. The van der Waals surface area contributed by atoms with E-state index in [9.17, 15) is 13.9 Å². The van der Waals surface area contributed by atoms with Crippen molar-refractivity contribution in [2.24, 2.45) is 5.73 Å². The van der Waals surface area contributed by atoms with Crippen LogP contribution in [-0.2, 0) is 0 Å². The Kier molecular flexibility index (Phi) is 5.31. The largest absolute Gasteiger partial charge is 0.435 e. The van der Waals surface area contributed by atoms with Gasteiger partial charge in [-0.2, -0.15) is 8.78 Å². The third kappa shape index (κ3) is 4.28. The van der Waals surface area contributed by atoms with Crippen LogP contribution in [0.1, 0.15) is 31.4 Å². The van der Waals surface area contributed by atoms with Crippen LogP contribution in [0.25, 0.3) is 0 Å². The van der Waals surface area contributed by atoms with Crippen LogP contribution in [0.4, 0.5) is 8.78 Å². The van der Waals surface area contributed by atoms with Gasteiger partial charge in [-0.1, -0.05) is 25.5 Å². The van der Waals surface area contributed by atoms with Gasteiger partial charge in [-0.25, -0.2) is 0 Å². The summed E-state index contributed by atoms with van der Waals surface area (Å²) in [6.07, 6.45) is 0.699. The molecule has 0 heterocycles. The zero-order valence-electron chi connectivity index (χ0n) is 9.64. The third-order valence-electron chi connectivity index (χ3n) is 2.47. The van der Waals surface area contributed by atoms with Crippen LogP contribution >= 0.6 is 0 Å². The second kappa shape index (κ2) is 6.51. The molecule has 0 radical (unpaired) electrons. The lowest BCUT2D eigenvalue weighted by atomic mass is 9.99. The number of hydrogen-bond acceptors (Lipinski definition) is 3. The number of ether oxygens (including phenoxy) is 1. The molecule has 0 spiro atoms. The number of aliphatic hydroxyl groups excluding tert-OH is 1. The van der Waals surface area contributed by atoms with Crippen molar-refractivity contribution in [3.63, 3.8) is 0 Å². The standard InChI is InChI=1S/C12H17F2NO2/c1-2-4-10(16)11(15)8-5-3-6-9(7-8)17-12(13)14/h3,5-7,10-12,16H,2,4,15H2,1H3/t10-,11+/m1/s1. The van der Waals surface area contributed by atoms with Crippen LogP contribution in [0, 0.1) is 0 Å². The molecule has 0 saturated heterocycles. The zero-order chi connectivity index (χ0) is 12.8. The molecule has 0 aliphatic heterocycles. The van der Waals surface area contributed by atoms with Crippen LogP contribution in [-0.4, -0.2) is 17.8 Å². The van der Waals surface area contributed by atoms with Crippen molar-refractivity contribution in [2.75, 3.05) is 0 Å². The SMILES string of the molecule is CCC[C@@H](O)[C@@H](N)c1cccc(OC(F)F)c1. The minimum atomic E-state index is -2.86. The van der Waals surface area contributed by atoms with E-state index < -0.39 is 18.8 Å². The predicted molar refractivity (Wildman–Crippen MR) is 60.9 cm³/mol. The van der Waals surface area contributed by atoms with E-state index in [1.807, 2.05) is 6.92 Å². The molecule has 0 bridgehead atoms. The number of halogens is 2. The number of rotatable bonds is 6. The minimum absolute atomic E-state index is 0.0525. The van der Waals surface area contributed by atoms with Gasteiger partial charge in [-0.15, -0.1) is 0 Å². The van der Waals surface area contributed by atoms with Gasteiger partial charge < -0.3 is 15.6 Å². The van der Waals surface area contributed by atoms with Gasteiger partial charge in [0.15, 0.2) is 0 Å². The molecular formula is C12H17F2NO2. The first-order valence-corrected chi connectivity index (χ1v) is 5.53. The molecule has 0 fully saturated rings. The number of nitrogens with two attached hydrogens (primary N) is 1. The summed E-state index contributed by atoms with van der Waals surface area (Å²) in [6, 6.07) is 5.52. The molecule has 1 rings (SSSR count). The smallest absolute Gasteiger partial charge is 0.387 e. The van der Waals surface area contributed by atoms with Crippen molar-refractivity contribution in [2.45, 2.75) is 38.5 Å². The van der Waals surface area contributed by atoms with E-state index >= 15 is 0 Å². The first-order chi connectivity index (χ1) is 8.04. The Morgan fingerprint density at radius 3 is 2.71 bits per heavy atom. The maximum absolute atomic E-state index is 12.0. The topological polar surface area (TPSA) is 55.5 Å². The van der Waals surface area contributed by atoms with E-state index in [0.717, 1.165) is 6.42 Å². The second-order valence-corrected chi connectivity index (χ2v) is 3.83. The summed E-state index contributed by atoms with van der Waals surface area (Å²) in [5.74, 6) is 0.0525. The van der Waals surface area contributed by atoms with Crippen LogP contribution in [0.5, 0.6) is 5.75 Å². The molecule has 17 heavy (non-hydrogen) atoms. The summed E-state index contributed by atoms with van der Waals surface area (Å²) in [7, 11) is 0. The van der Waals surface area contributed by atoms with Gasteiger partial charge in [0.2, 0.25) is 0 Å². The van der Waals surface area contributed by atoms with Crippen molar-refractivity contribution in [3.8, 4) is 5.75 Å². The monoisotopic (exact) mass is 245 g/mol. The summed E-state index contributed by atoms with van der Waals surface area (Å²) in [4.78, 5) is 0. The van der Waals surface area contributed by atoms with Crippen LogP contribution in [0.3, 0.4) is 0 Å². The van der Waals surface area contributed by atoms with Gasteiger partial charge >= 0.3 is 6.61 Å². The molecule has 1 aromatic carbocycles. The molecule has 5 heteroatoms. The van der Waals surface area contributed by atoms with E-state index in [1.165, 1.54) is 12.1 Å². The third-order valence-corrected chi connectivity index (χ3v) is 2.47. The normalized spacial score (nSPS) is 14.7. The Hall–Kier alpha value is -1.20. The number of alkyl halides is 2. The number of aliphatic hydroxyl groups is 1. The molecule has 0 aliphatic rings. The maximum Gasteiger partial charge on any atom is 0.387 e. The van der Waals surface area contributed by atoms with E-state index in [1.54, 1.807) is 12.1 Å². The highest BCUT2D eigenvalue weighted by molar-refractivity contribution is 5.31. The minimum Gasteiger partial charge on any atom is -0.435 e. The Balaban J connectivity index is 2.76. The van der Waals surface area contributed by atoms with Crippen molar-refractivity contribution < 1.29 is 18.6 Å². The van der Waals surface area contributed by atoms with Gasteiger partial charge in [0.1, 0.15) is 5.75 Å². The Bertz CT molecular complexity index is 347.